The van der Waals surface area contributed by atoms with E-state index in [2.05, 4.69) is 10.1 Å². The molecule has 7 heteroatoms. The lowest BCUT2D eigenvalue weighted by Gasteiger charge is -2.06. The highest BCUT2D eigenvalue weighted by atomic mass is 16.6. The second kappa shape index (κ2) is 5.46. The van der Waals surface area contributed by atoms with E-state index in [1.54, 1.807) is 13.0 Å². The number of nitro benzene ring substituents is 1. The fraction of sp³-hybridized carbons (Fsp3) is 0.200. The summed E-state index contributed by atoms with van der Waals surface area (Å²) < 4.78 is 4.63. The molecule has 0 heterocycles. The van der Waals surface area contributed by atoms with Crippen LogP contribution in [0.25, 0.3) is 0 Å². The molecule has 0 aliphatic carbocycles. The monoisotopic (exact) mass is 235 g/mol. The summed E-state index contributed by atoms with van der Waals surface area (Å²) in [5.74, 6) is 0. The number of benzene rings is 1. The van der Waals surface area contributed by atoms with Crippen molar-refractivity contribution in [3.8, 4) is 6.07 Å². The van der Waals surface area contributed by atoms with Gasteiger partial charge in [0, 0.05) is 12.1 Å². The topological polar surface area (TPSA) is 105 Å². The Labute approximate surface area is 96.8 Å². The van der Waals surface area contributed by atoms with Gasteiger partial charge in [-0.05, 0) is 13.0 Å². The maximum Gasteiger partial charge on any atom is 0.411 e. The fourth-order valence-electron chi connectivity index (χ4n) is 1.12. The molecule has 88 valence electrons. The van der Waals surface area contributed by atoms with Gasteiger partial charge in [-0.25, -0.2) is 4.79 Å². The summed E-state index contributed by atoms with van der Waals surface area (Å²) in [5, 5.41) is 21.6. The molecule has 0 atom stereocenters. The highest BCUT2D eigenvalue weighted by molar-refractivity contribution is 5.86. The molecule has 1 rings (SSSR count). The maximum atomic E-state index is 11.1. The van der Waals surface area contributed by atoms with Crippen LogP contribution in [-0.4, -0.2) is 17.6 Å². The smallest absolute Gasteiger partial charge is 0.411 e. The second-order valence-electron chi connectivity index (χ2n) is 2.94. The molecule has 0 radical (unpaired) electrons. The van der Waals surface area contributed by atoms with E-state index in [-0.39, 0.29) is 23.5 Å². The van der Waals surface area contributed by atoms with Crippen molar-refractivity contribution in [2.24, 2.45) is 0 Å². The van der Waals surface area contributed by atoms with Crippen molar-refractivity contribution in [2.45, 2.75) is 6.92 Å². The van der Waals surface area contributed by atoms with E-state index in [0.29, 0.717) is 0 Å². The number of amides is 1. The first-order valence-electron chi connectivity index (χ1n) is 4.70. The molecule has 0 fully saturated rings. The highest BCUT2D eigenvalue weighted by Crippen LogP contribution is 2.21. The van der Waals surface area contributed by atoms with Gasteiger partial charge in [0.15, 0.2) is 0 Å². The summed E-state index contributed by atoms with van der Waals surface area (Å²) in [7, 11) is 0. The zero-order valence-electron chi connectivity index (χ0n) is 8.97. The Morgan fingerprint density at radius 3 is 2.88 bits per heavy atom. The minimum Gasteiger partial charge on any atom is -0.450 e. The van der Waals surface area contributed by atoms with E-state index in [1.165, 1.54) is 12.1 Å². The van der Waals surface area contributed by atoms with Crippen molar-refractivity contribution in [3.63, 3.8) is 0 Å². The first-order valence-corrected chi connectivity index (χ1v) is 4.70. The van der Waals surface area contributed by atoms with E-state index in [9.17, 15) is 14.9 Å². The maximum absolute atomic E-state index is 11.1. The van der Waals surface area contributed by atoms with Crippen molar-refractivity contribution in [3.05, 3.63) is 33.9 Å². The van der Waals surface area contributed by atoms with Gasteiger partial charge in [-0.3, -0.25) is 15.4 Å². The Bertz CT molecular complexity index is 493. The van der Waals surface area contributed by atoms with Crippen LogP contribution >= 0.6 is 0 Å². The average Bonchev–Trinajstić information content (AvgIpc) is 2.29. The standard InChI is InChI=1S/C10H9N3O4/c1-2-17-10(14)12-9-4-3-8(13(15)16)5-7(9)6-11/h3-5H,2H2,1H3,(H,12,14). The molecule has 1 N–H and O–H groups in total. The lowest BCUT2D eigenvalue weighted by molar-refractivity contribution is -0.384. The van der Waals surface area contributed by atoms with Crippen molar-refractivity contribution in [2.75, 3.05) is 11.9 Å². The predicted molar refractivity (Wildman–Crippen MR) is 58.5 cm³/mol. The van der Waals surface area contributed by atoms with Crippen LogP contribution in [0.2, 0.25) is 0 Å². The molecule has 7 nitrogen and oxygen atoms in total. The molecule has 0 aromatic heterocycles. The van der Waals surface area contributed by atoms with Gasteiger partial charge in [0.25, 0.3) is 5.69 Å². The number of nitrogens with zero attached hydrogens (tertiary/aromatic N) is 2. The van der Waals surface area contributed by atoms with Crippen LogP contribution in [0.3, 0.4) is 0 Å². The predicted octanol–water partition coefficient (Wildman–Crippen LogP) is 2.03. The summed E-state index contributed by atoms with van der Waals surface area (Å²) in [6.45, 7) is 1.83. The molecule has 0 saturated carbocycles. The number of hydrogen-bond acceptors (Lipinski definition) is 5. The molecule has 0 saturated heterocycles. The molecule has 1 aromatic rings. The van der Waals surface area contributed by atoms with Crippen molar-refractivity contribution < 1.29 is 14.5 Å². The zero-order chi connectivity index (χ0) is 12.8. The van der Waals surface area contributed by atoms with Crippen LogP contribution in [0.4, 0.5) is 16.2 Å². The number of carbonyl (C=O) groups is 1. The molecule has 0 spiro atoms. The van der Waals surface area contributed by atoms with Gasteiger partial charge in [-0.15, -0.1) is 0 Å². The highest BCUT2D eigenvalue weighted by Gasteiger charge is 2.12. The van der Waals surface area contributed by atoms with Gasteiger partial charge in [0.1, 0.15) is 6.07 Å². The average molecular weight is 235 g/mol. The molecule has 17 heavy (non-hydrogen) atoms. The third kappa shape index (κ3) is 3.17. The number of rotatable bonds is 3. The third-order valence-electron chi connectivity index (χ3n) is 1.85. The van der Waals surface area contributed by atoms with Crippen LogP contribution in [0.15, 0.2) is 18.2 Å². The van der Waals surface area contributed by atoms with Gasteiger partial charge in [-0.1, -0.05) is 0 Å². The number of hydrogen-bond donors (Lipinski definition) is 1. The summed E-state index contributed by atoms with van der Waals surface area (Å²) in [6.07, 6.45) is -0.710. The number of nitrogens with one attached hydrogen (secondary N) is 1. The van der Waals surface area contributed by atoms with E-state index >= 15 is 0 Å². The Morgan fingerprint density at radius 1 is 1.65 bits per heavy atom. The largest absolute Gasteiger partial charge is 0.450 e. The number of anilines is 1. The van der Waals surface area contributed by atoms with Crippen molar-refractivity contribution in [1.29, 1.82) is 5.26 Å². The Morgan fingerprint density at radius 2 is 2.35 bits per heavy atom. The van der Waals surface area contributed by atoms with Crippen LogP contribution in [0, 0.1) is 21.4 Å². The molecule has 0 aliphatic heterocycles. The number of nitriles is 1. The van der Waals surface area contributed by atoms with Crippen LogP contribution in [-0.2, 0) is 4.74 Å². The second-order valence-corrected chi connectivity index (χ2v) is 2.94. The molecular weight excluding hydrogens is 226 g/mol. The molecule has 0 bridgehead atoms. The van der Waals surface area contributed by atoms with E-state index in [1.807, 2.05) is 0 Å². The minimum atomic E-state index is -0.710. The van der Waals surface area contributed by atoms with Crippen LogP contribution in [0.5, 0.6) is 0 Å². The molecule has 1 aromatic carbocycles. The molecule has 0 unspecified atom stereocenters. The van der Waals surface area contributed by atoms with Gasteiger partial charge < -0.3 is 4.74 Å². The summed E-state index contributed by atoms with van der Waals surface area (Å²) in [5.41, 5.74) is -0.0280. The Kier molecular flexibility index (Phi) is 4.00. The van der Waals surface area contributed by atoms with Gasteiger partial charge in [0.2, 0.25) is 0 Å². The lowest BCUT2D eigenvalue weighted by atomic mass is 10.2. The SMILES string of the molecule is CCOC(=O)Nc1ccc([N+](=O)[O-])cc1C#N. The van der Waals surface area contributed by atoms with Crippen LogP contribution < -0.4 is 5.32 Å². The lowest BCUT2D eigenvalue weighted by Crippen LogP contribution is -2.14. The summed E-state index contributed by atoms with van der Waals surface area (Å²) >= 11 is 0. The number of carbonyl (C=O) groups excluding carboxylic acids is 1. The number of nitro groups is 1. The normalized spacial score (nSPS) is 9.18. The minimum absolute atomic E-state index is 0.00672. The molecule has 1 amide bonds. The quantitative estimate of drug-likeness (QED) is 0.637. The molecular formula is C10H9N3O4. The Balaban J connectivity index is 2.98. The summed E-state index contributed by atoms with van der Waals surface area (Å²) in [4.78, 5) is 21.0. The number of non-ortho nitro benzene ring substituents is 1. The fourth-order valence-corrected chi connectivity index (χ4v) is 1.12. The molecule has 0 aliphatic rings. The zero-order valence-corrected chi connectivity index (χ0v) is 8.97. The van der Waals surface area contributed by atoms with Gasteiger partial charge >= 0.3 is 6.09 Å². The van der Waals surface area contributed by atoms with E-state index in [4.69, 9.17) is 5.26 Å². The first-order chi connectivity index (χ1) is 8.08. The third-order valence-corrected chi connectivity index (χ3v) is 1.85. The van der Waals surface area contributed by atoms with Gasteiger partial charge in [0.05, 0.1) is 22.8 Å². The van der Waals surface area contributed by atoms with Crippen LogP contribution in [0.1, 0.15) is 12.5 Å². The number of ether oxygens (including phenoxy) is 1. The van der Waals surface area contributed by atoms with Gasteiger partial charge in [-0.2, -0.15) is 5.26 Å². The van der Waals surface area contributed by atoms with Crippen molar-refractivity contribution >= 4 is 17.5 Å². The first kappa shape index (κ1) is 12.4. The Hall–Kier alpha value is -2.62. The summed E-state index contributed by atoms with van der Waals surface area (Å²) in [6, 6.07) is 5.33. The van der Waals surface area contributed by atoms with E-state index < -0.39 is 11.0 Å². The van der Waals surface area contributed by atoms with Crippen molar-refractivity contribution in [1.82, 2.24) is 0 Å². The van der Waals surface area contributed by atoms with E-state index in [0.717, 1.165) is 6.07 Å².